The quantitative estimate of drug-likeness (QED) is 0.504. The molecule has 0 aliphatic heterocycles. The summed E-state index contributed by atoms with van der Waals surface area (Å²) in [6.07, 6.45) is 1.41. The number of rotatable bonds is 4. The molecule has 1 rings (SSSR count). The van der Waals surface area contributed by atoms with E-state index in [1.54, 1.807) is 12.1 Å². The predicted molar refractivity (Wildman–Crippen MR) is 43.0 cm³/mol. The Morgan fingerprint density at radius 2 is 2.42 bits per heavy atom. The second kappa shape index (κ2) is 4.79. The highest BCUT2D eigenvalue weighted by atomic mass is 19.1. The molecule has 2 N–H and O–H groups in total. The van der Waals surface area contributed by atoms with Crippen molar-refractivity contribution in [1.82, 2.24) is 10.3 Å². The van der Waals surface area contributed by atoms with Crippen molar-refractivity contribution in [3.8, 4) is 0 Å². The molecule has 0 aliphatic rings. The lowest BCUT2D eigenvalue weighted by molar-refractivity contribution is 0.291. The normalized spacial score (nSPS) is 10.2. The van der Waals surface area contributed by atoms with Gasteiger partial charge in [0, 0.05) is 24.8 Å². The molecule has 3 nitrogen and oxygen atoms in total. The number of aromatic nitrogens is 1. The standard InChI is InChI=1S/C8H11FN2O/c9-8-7(2-1-3-11-8)6-10-4-5-12/h1-3,10,12H,4-6H2. The van der Waals surface area contributed by atoms with Crippen LogP contribution in [-0.4, -0.2) is 23.2 Å². The Morgan fingerprint density at radius 3 is 3.08 bits per heavy atom. The second-order valence-electron chi connectivity index (χ2n) is 2.35. The van der Waals surface area contributed by atoms with Crippen LogP contribution in [0.3, 0.4) is 0 Å². The highest BCUT2D eigenvalue weighted by molar-refractivity contribution is 5.10. The molecule has 0 spiro atoms. The van der Waals surface area contributed by atoms with Crippen molar-refractivity contribution in [3.05, 3.63) is 29.8 Å². The molecule has 0 saturated heterocycles. The number of halogens is 1. The van der Waals surface area contributed by atoms with E-state index in [2.05, 4.69) is 10.3 Å². The molecule has 0 amide bonds. The van der Waals surface area contributed by atoms with Crippen LogP contribution >= 0.6 is 0 Å². The van der Waals surface area contributed by atoms with Gasteiger partial charge in [-0.1, -0.05) is 6.07 Å². The third-order valence-corrected chi connectivity index (χ3v) is 1.44. The molecule has 0 atom stereocenters. The Hall–Kier alpha value is -1.00. The first kappa shape index (κ1) is 9.09. The summed E-state index contributed by atoms with van der Waals surface area (Å²) in [7, 11) is 0. The minimum Gasteiger partial charge on any atom is -0.395 e. The fraction of sp³-hybridized carbons (Fsp3) is 0.375. The Balaban J connectivity index is 2.46. The van der Waals surface area contributed by atoms with Crippen LogP contribution in [0.1, 0.15) is 5.56 Å². The maximum absolute atomic E-state index is 12.8. The molecular formula is C8H11FN2O. The van der Waals surface area contributed by atoms with Gasteiger partial charge in [0.25, 0.3) is 0 Å². The molecule has 0 fully saturated rings. The van der Waals surface area contributed by atoms with E-state index >= 15 is 0 Å². The van der Waals surface area contributed by atoms with Gasteiger partial charge in [-0.2, -0.15) is 4.39 Å². The van der Waals surface area contributed by atoms with Gasteiger partial charge < -0.3 is 10.4 Å². The monoisotopic (exact) mass is 170 g/mol. The van der Waals surface area contributed by atoms with Crippen molar-refractivity contribution in [2.24, 2.45) is 0 Å². The minimum atomic E-state index is -0.456. The fourth-order valence-electron chi connectivity index (χ4n) is 0.853. The molecule has 1 aromatic rings. The van der Waals surface area contributed by atoms with Gasteiger partial charge in [0.15, 0.2) is 0 Å². The van der Waals surface area contributed by atoms with Crippen molar-refractivity contribution in [1.29, 1.82) is 0 Å². The van der Waals surface area contributed by atoms with E-state index in [-0.39, 0.29) is 6.61 Å². The van der Waals surface area contributed by atoms with Crippen molar-refractivity contribution in [2.45, 2.75) is 6.54 Å². The summed E-state index contributed by atoms with van der Waals surface area (Å²) >= 11 is 0. The zero-order valence-electron chi connectivity index (χ0n) is 6.63. The van der Waals surface area contributed by atoms with E-state index in [4.69, 9.17) is 5.11 Å². The average molecular weight is 170 g/mol. The van der Waals surface area contributed by atoms with Gasteiger partial charge in [0.2, 0.25) is 5.95 Å². The molecule has 4 heteroatoms. The van der Waals surface area contributed by atoms with Crippen molar-refractivity contribution < 1.29 is 9.50 Å². The van der Waals surface area contributed by atoms with Crippen LogP contribution in [0.4, 0.5) is 4.39 Å². The molecule has 12 heavy (non-hydrogen) atoms. The van der Waals surface area contributed by atoms with Crippen LogP contribution in [0.25, 0.3) is 0 Å². The summed E-state index contributed by atoms with van der Waals surface area (Å²) in [5.74, 6) is -0.456. The summed E-state index contributed by atoms with van der Waals surface area (Å²) < 4.78 is 12.8. The highest BCUT2D eigenvalue weighted by Gasteiger charge is 1.99. The van der Waals surface area contributed by atoms with Crippen molar-refractivity contribution >= 4 is 0 Å². The van der Waals surface area contributed by atoms with Crippen molar-refractivity contribution in [3.63, 3.8) is 0 Å². The topological polar surface area (TPSA) is 45.1 Å². The molecule has 0 saturated carbocycles. The Bertz CT molecular complexity index is 242. The van der Waals surface area contributed by atoms with Gasteiger partial charge in [0.05, 0.1) is 6.61 Å². The van der Waals surface area contributed by atoms with E-state index in [1.807, 2.05) is 0 Å². The molecule has 66 valence electrons. The third kappa shape index (κ3) is 2.56. The Kier molecular flexibility index (Phi) is 3.63. The molecule has 0 aromatic carbocycles. The van der Waals surface area contributed by atoms with Gasteiger partial charge in [-0.3, -0.25) is 0 Å². The van der Waals surface area contributed by atoms with E-state index in [0.29, 0.717) is 18.7 Å². The van der Waals surface area contributed by atoms with E-state index in [0.717, 1.165) is 0 Å². The maximum Gasteiger partial charge on any atom is 0.217 e. The SMILES string of the molecule is OCCNCc1cccnc1F. The van der Waals surface area contributed by atoms with Crippen LogP contribution in [0, 0.1) is 5.95 Å². The van der Waals surface area contributed by atoms with E-state index < -0.39 is 5.95 Å². The Morgan fingerprint density at radius 1 is 1.58 bits per heavy atom. The first-order chi connectivity index (χ1) is 5.84. The second-order valence-corrected chi connectivity index (χ2v) is 2.35. The summed E-state index contributed by atoms with van der Waals surface area (Å²) in [5, 5.41) is 11.3. The zero-order valence-corrected chi connectivity index (χ0v) is 6.63. The summed E-state index contributed by atoms with van der Waals surface area (Å²) in [6.45, 7) is 0.927. The van der Waals surface area contributed by atoms with Gasteiger partial charge in [-0.25, -0.2) is 4.98 Å². The number of nitrogens with zero attached hydrogens (tertiary/aromatic N) is 1. The number of hydrogen-bond acceptors (Lipinski definition) is 3. The van der Waals surface area contributed by atoms with Crippen molar-refractivity contribution in [2.75, 3.05) is 13.2 Å². The van der Waals surface area contributed by atoms with Gasteiger partial charge in [-0.05, 0) is 6.07 Å². The van der Waals surface area contributed by atoms with Crippen LogP contribution in [-0.2, 0) is 6.54 Å². The average Bonchev–Trinajstić information content (AvgIpc) is 2.09. The zero-order chi connectivity index (χ0) is 8.81. The Labute approximate surface area is 70.3 Å². The highest BCUT2D eigenvalue weighted by Crippen LogP contribution is 2.01. The van der Waals surface area contributed by atoms with Crippen LogP contribution in [0.2, 0.25) is 0 Å². The molecule has 1 aromatic heterocycles. The third-order valence-electron chi connectivity index (χ3n) is 1.44. The summed E-state index contributed by atoms with van der Waals surface area (Å²) in [4.78, 5) is 3.49. The largest absolute Gasteiger partial charge is 0.395 e. The molecular weight excluding hydrogens is 159 g/mol. The molecule has 1 heterocycles. The summed E-state index contributed by atoms with van der Waals surface area (Å²) in [6, 6.07) is 3.34. The number of nitrogens with one attached hydrogen (secondary N) is 1. The predicted octanol–water partition coefficient (Wildman–Crippen LogP) is 0.303. The molecule has 0 bridgehead atoms. The van der Waals surface area contributed by atoms with Crippen LogP contribution < -0.4 is 5.32 Å². The lowest BCUT2D eigenvalue weighted by Crippen LogP contribution is -2.18. The number of hydrogen-bond donors (Lipinski definition) is 2. The fourth-order valence-corrected chi connectivity index (χ4v) is 0.853. The van der Waals surface area contributed by atoms with Crippen LogP contribution in [0.15, 0.2) is 18.3 Å². The number of pyridine rings is 1. The lowest BCUT2D eigenvalue weighted by Gasteiger charge is -2.02. The smallest absolute Gasteiger partial charge is 0.217 e. The molecule has 0 aliphatic carbocycles. The first-order valence-corrected chi connectivity index (χ1v) is 3.75. The minimum absolute atomic E-state index is 0.0574. The lowest BCUT2D eigenvalue weighted by atomic mass is 10.3. The van der Waals surface area contributed by atoms with Gasteiger partial charge >= 0.3 is 0 Å². The molecule has 0 unspecified atom stereocenters. The van der Waals surface area contributed by atoms with Gasteiger partial charge in [0.1, 0.15) is 0 Å². The first-order valence-electron chi connectivity index (χ1n) is 3.75. The van der Waals surface area contributed by atoms with E-state index in [9.17, 15) is 4.39 Å². The van der Waals surface area contributed by atoms with Gasteiger partial charge in [-0.15, -0.1) is 0 Å². The maximum atomic E-state index is 12.8. The van der Waals surface area contributed by atoms with E-state index in [1.165, 1.54) is 6.20 Å². The molecule has 0 radical (unpaired) electrons. The number of aliphatic hydroxyl groups excluding tert-OH is 1. The number of aliphatic hydroxyl groups is 1. The summed E-state index contributed by atoms with van der Waals surface area (Å²) in [5.41, 5.74) is 0.519. The van der Waals surface area contributed by atoms with Crippen LogP contribution in [0.5, 0.6) is 0 Å².